The fourth-order valence-electron chi connectivity index (χ4n) is 1.78. The number of benzene rings is 1. The molecule has 0 heterocycles. The van der Waals surface area contributed by atoms with E-state index in [1.165, 1.54) is 22.9 Å². The molecule has 0 aliphatic heterocycles. The third kappa shape index (κ3) is 4.83. The van der Waals surface area contributed by atoms with Crippen LogP contribution in [0.2, 0.25) is 0 Å². The molecule has 0 N–H and O–H groups in total. The minimum absolute atomic E-state index is 0.223. The molecule has 0 fully saturated rings. The molecule has 0 bridgehead atoms. The van der Waals surface area contributed by atoms with E-state index in [4.69, 9.17) is 5.26 Å². The molecular weight excluding hydrogens is 226 g/mol. The van der Waals surface area contributed by atoms with E-state index in [0.29, 0.717) is 5.92 Å². The number of nitriles is 1. The van der Waals surface area contributed by atoms with Crippen LogP contribution in [0.15, 0.2) is 24.3 Å². The van der Waals surface area contributed by atoms with Gasteiger partial charge in [-0.15, -0.1) is 0 Å². The molecule has 1 atom stereocenters. The smallest absolute Gasteiger partial charge is 0.133 e. The molecular formula is C15H21NS. The van der Waals surface area contributed by atoms with Gasteiger partial charge in [-0.25, -0.2) is 0 Å². The first-order valence-corrected chi connectivity index (χ1v) is 7.02. The van der Waals surface area contributed by atoms with Crippen LogP contribution in [0.5, 0.6) is 0 Å². The second kappa shape index (κ2) is 6.12. The van der Waals surface area contributed by atoms with Crippen molar-refractivity contribution in [2.75, 3.05) is 5.75 Å². The van der Waals surface area contributed by atoms with Crippen LogP contribution in [0.3, 0.4) is 0 Å². The predicted molar refractivity (Wildman–Crippen MR) is 76.1 cm³/mol. The maximum atomic E-state index is 8.52. The summed E-state index contributed by atoms with van der Waals surface area (Å²) in [5.41, 5.74) is 2.96. The first-order chi connectivity index (χ1) is 7.93. The lowest BCUT2D eigenvalue weighted by molar-refractivity contribution is 0.589. The molecule has 1 rings (SSSR count). The number of nitrogens with zero attached hydrogens (tertiary/aromatic N) is 1. The second-order valence-corrected chi connectivity index (χ2v) is 6.46. The monoisotopic (exact) mass is 247 g/mol. The van der Waals surface area contributed by atoms with E-state index in [1.807, 2.05) is 0 Å². The van der Waals surface area contributed by atoms with Gasteiger partial charge in [-0.3, -0.25) is 0 Å². The fourth-order valence-corrected chi connectivity index (χ4v) is 2.26. The fraction of sp³-hybridized carbons (Fsp3) is 0.533. The second-order valence-electron chi connectivity index (χ2n) is 5.66. The summed E-state index contributed by atoms with van der Waals surface area (Å²) in [5.74, 6) is 1.47. The van der Waals surface area contributed by atoms with E-state index in [9.17, 15) is 0 Å². The number of hydrogen-bond donors (Lipinski definition) is 0. The lowest BCUT2D eigenvalue weighted by atomic mass is 9.86. The standard InChI is InChI=1S/C15H21NS/c1-12(10-17-11-16)9-13-5-7-14(8-6-13)15(2,3)4/h5-8,12H,9-10H2,1-4H3. The zero-order valence-corrected chi connectivity index (χ0v) is 12.0. The quantitative estimate of drug-likeness (QED) is 0.737. The Morgan fingerprint density at radius 3 is 2.29 bits per heavy atom. The van der Waals surface area contributed by atoms with Gasteiger partial charge in [-0.2, -0.15) is 5.26 Å². The highest BCUT2D eigenvalue weighted by molar-refractivity contribution is 8.03. The maximum Gasteiger partial charge on any atom is 0.133 e. The minimum atomic E-state index is 0.223. The summed E-state index contributed by atoms with van der Waals surface area (Å²) in [6, 6.07) is 8.88. The highest BCUT2D eigenvalue weighted by Crippen LogP contribution is 2.23. The Balaban J connectivity index is 2.60. The van der Waals surface area contributed by atoms with Crippen LogP contribution in [0.4, 0.5) is 0 Å². The van der Waals surface area contributed by atoms with Gasteiger partial charge in [0.05, 0.1) is 0 Å². The van der Waals surface area contributed by atoms with E-state index in [0.717, 1.165) is 12.2 Å². The van der Waals surface area contributed by atoms with E-state index < -0.39 is 0 Å². The van der Waals surface area contributed by atoms with E-state index in [-0.39, 0.29) is 5.41 Å². The van der Waals surface area contributed by atoms with Gasteiger partial charge >= 0.3 is 0 Å². The van der Waals surface area contributed by atoms with Gasteiger partial charge in [0.2, 0.25) is 0 Å². The normalized spacial score (nSPS) is 13.1. The molecule has 0 aliphatic rings. The van der Waals surface area contributed by atoms with Crippen molar-refractivity contribution in [2.24, 2.45) is 5.92 Å². The Labute approximate surface area is 109 Å². The summed E-state index contributed by atoms with van der Waals surface area (Å²) in [4.78, 5) is 0. The molecule has 0 amide bonds. The van der Waals surface area contributed by atoms with Gasteiger partial charge in [0.15, 0.2) is 0 Å². The Hall–Kier alpha value is -0.940. The van der Waals surface area contributed by atoms with Crippen molar-refractivity contribution < 1.29 is 0 Å². The molecule has 0 radical (unpaired) electrons. The molecule has 17 heavy (non-hydrogen) atoms. The number of thioether (sulfide) groups is 1. The van der Waals surface area contributed by atoms with Crippen molar-refractivity contribution in [3.05, 3.63) is 35.4 Å². The topological polar surface area (TPSA) is 23.8 Å². The van der Waals surface area contributed by atoms with Crippen LogP contribution < -0.4 is 0 Å². The molecule has 0 spiro atoms. The van der Waals surface area contributed by atoms with Crippen molar-refractivity contribution in [2.45, 2.75) is 39.5 Å². The van der Waals surface area contributed by atoms with Crippen molar-refractivity contribution >= 4 is 11.8 Å². The molecule has 0 saturated heterocycles. The van der Waals surface area contributed by atoms with Gasteiger partial charge in [-0.1, -0.05) is 52.0 Å². The van der Waals surface area contributed by atoms with Crippen molar-refractivity contribution in [1.29, 1.82) is 5.26 Å². The molecule has 1 nitrogen and oxygen atoms in total. The summed E-state index contributed by atoms with van der Waals surface area (Å²) in [5, 5.41) is 10.7. The Bertz CT molecular complexity index is 381. The first-order valence-electron chi connectivity index (χ1n) is 6.04. The van der Waals surface area contributed by atoms with Crippen molar-refractivity contribution in [1.82, 2.24) is 0 Å². The van der Waals surface area contributed by atoms with E-state index >= 15 is 0 Å². The molecule has 0 aliphatic carbocycles. The van der Waals surface area contributed by atoms with Crippen LogP contribution in [0.1, 0.15) is 38.8 Å². The molecule has 92 valence electrons. The Morgan fingerprint density at radius 1 is 1.24 bits per heavy atom. The summed E-state index contributed by atoms with van der Waals surface area (Å²) >= 11 is 1.35. The van der Waals surface area contributed by atoms with Crippen molar-refractivity contribution in [3.63, 3.8) is 0 Å². The third-order valence-corrected chi connectivity index (χ3v) is 3.70. The summed E-state index contributed by atoms with van der Waals surface area (Å²) in [7, 11) is 0. The largest absolute Gasteiger partial charge is 0.185 e. The third-order valence-electron chi connectivity index (χ3n) is 2.84. The summed E-state index contributed by atoms with van der Waals surface area (Å²) < 4.78 is 0. The summed E-state index contributed by atoms with van der Waals surface area (Å²) in [6.45, 7) is 8.89. The van der Waals surface area contributed by atoms with Crippen LogP contribution in [0, 0.1) is 16.6 Å². The summed E-state index contributed by atoms with van der Waals surface area (Å²) in [6.07, 6.45) is 1.05. The Morgan fingerprint density at radius 2 is 1.82 bits per heavy atom. The molecule has 1 aromatic carbocycles. The zero-order chi connectivity index (χ0) is 12.9. The van der Waals surface area contributed by atoms with Gasteiger partial charge in [0, 0.05) is 5.75 Å². The van der Waals surface area contributed by atoms with Gasteiger partial charge in [0.1, 0.15) is 5.40 Å². The average molecular weight is 247 g/mol. The average Bonchev–Trinajstić information content (AvgIpc) is 2.26. The molecule has 1 aromatic rings. The predicted octanol–water partition coefficient (Wildman–Crippen LogP) is 4.38. The number of thiocyanates is 1. The maximum absolute atomic E-state index is 8.52. The van der Waals surface area contributed by atoms with Gasteiger partial charge in [-0.05, 0) is 40.6 Å². The Kier molecular flexibility index (Phi) is 5.08. The van der Waals surface area contributed by atoms with Crippen molar-refractivity contribution in [3.8, 4) is 5.40 Å². The van der Waals surface area contributed by atoms with Gasteiger partial charge in [0.25, 0.3) is 0 Å². The minimum Gasteiger partial charge on any atom is -0.185 e. The highest BCUT2D eigenvalue weighted by atomic mass is 32.2. The van der Waals surface area contributed by atoms with Crippen LogP contribution in [0.25, 0.3) is 0 Å². The number of hydrogen-bond acceptors (Lipinski definition) is 2. The van der Waals surface area contributed by atoms with E-state index in [2.05, 4.69) is 57.4 Å². The lowest BCUT2D eigenvalue weighted by Crippen LogP contribution is -2.11. The van der Waals surface area contributed by atoms with Crippen LogP contribution in [-0.4, -0.2) is 5.75 Å². The first kappa shape index (κ1) is 14.1. The van der Waals surface area contributed by atoms with E-state index in [1.54, 1.807) is 0 Å². The number of rotatable bonds is 4. The lowest BCUT2D eigenvalue weighted by Gasteiger charge is -2.19. The van der Waals surface area contributed by atoms with Crippen LogP contribution in [-0.2, 0) is 11.8 Å². The zero-order valence-electron chi connectivity index (χ0n) is 11.2. The van der Waals surface area contributed by atoms with Gasteiger partial charge < -0.3 is 0 Å². The molecule has 0 aromatic heterocycles. The molecule has 2 heteroatoms. The molecule has 1 unspecified atom stereocenters. The highest BCUT2D eigenvalue weighted by Gasteiger charge is 2.13. The molecule has 0 saturated carbocycles. The SMILES string of the molecule is CC(CSC#N)Cc1ccc(C(C)(C)C)cc1. The van der Waals surface area contributed by atoms with Crippen LogP contribution >= 0.6 is 11.8 Å².